The highest BCUT2D eigenvalue weighted by molar-refractivity contribution is 14.1. The Labute approximate surface area is 144 Å². The van der Waals surface area contributed by atoms with E-state index in [1.807, 2.05) is 12.1 Å². The topological polar surface area (TPSA) is 29.3 Å². The van der Waals surface area contributed by atoms with E-state index < -0.39 is 0 Å². The van der Waals surface area contributed by atoms with Gasteiger partial charge in [0, 0.05) is 21.4 Å². The quantitative estimate of drug-likeness (QED) is 0.591. The number of rotatable bonds is 5. The summed E-state index contributed by atoms with van der Waals surface area (Å²) >= 11 is 2.38. The maximum absolute atomic E-state index is 4.85. The van der Waals surface area contributed by atoms with Crippen molar-refractivity contribution < 1.29 is 0 Å². The van der Waals surface area contributed by atoms with Crippen LogP contribution in [0.4, 0.5) is 5.82 Å². The monoisotopic (exact) mass is 405 g/mol. The van der Waals surface area contributed by atoms with E-state index in [2.05, 4.69) is 82.7 Å². The Morgan fingerprint density at radius 1 is 1.18 bits per heavy atom. The molecular weight excluding hydrogens is 385 g/mol. The molecule has 0 aliphatic carbocycles. The van der Waals surface area contributed by atoms with E-state index in [9.17, 15) is 0 Å². The minimum Gasteiger partial charge on any atom is -0.367 e. The zero-order chi connectivity index (χ0) is 15.5. The zero-order valence-electron chi connectivity index (χ0n) is 12.9. The molecule has 2 aromatic heterocycles. The molecule has 2 heterocycles. The SMILES string of the molecule is CCCC(C)Nc1c(-c2ccccc2I)nc2ccccn12. The molecule has 3 aromatic rings. The molecule has 0 bridgehead atoms. The minimum absolute atomic E-state index is 0.422. The summed E-state index contributed by atoms with van der Waals surface area (Å²) in [6.45, 7) is 4.44. The van der Waals surface area contributed by atoms with E-state index in [-0.39, 0.29) is 0 Å². The number of aromatic nitrogens is 2. The number of pyridine rings is 1. The molecule has 4 heteroatoms. The van der Waals surface area contributed by atoms with E-state index in [1.54, 1.807) is 0 Å². The van der Waals surface area contributed by atoms with Gasteiger partial charge in [0.05, 0.1) is 0 Å². The van der Waals surface area contributed by atoms with Gasteiger partial charge in [-0.2, -0.15) is 0 Å². The minimum atomic E-state index is 0.422. The lowest BCUT2D eigenvalue weighted by molar-refractivity contribution is 0.687. The molecule has 0 amide bonds. The molecule has 3 rings (SSSR count). The van der Waals surface area contributed by atoms with Gasteiger partial charge >= 0.3 is 0 Å². The first-order valence-electron chi connectivity index (χ1n) is 7.69. The van der Waals surface area contributed by atoms with Crippen LogP contribution in [-0.2, 0) is 0 Å². The molecule has 1 unspecified atom stereocenters. The van der Waals surface area contributed by atoms with Crippen molar-refractivity contribution in [1.29, 1.82) is 0 Å². The summed E-state index contributed by atoms with van der Waals surface area (Å²) in [6.07, 6.45) is 4.39. The molecule has 22 heavy (non-hydrogen) atoms. The van der Waals surface area contributed by atoms with Gasteiger partial charge in [-0.05, 0) is 54.1 Å². The van der Waals surface area contributed by atoms with Crippen LogP contribution in [0.25, 0.3) is 16.9 Å². The lowest BCUT2D eigenvalue weighted by Crippen LogP contribution is -2.16. The van der Waals surface area contributed by atoms with E-state index in [1.165, 1.54) is 15.6 Å². The number of anilines is 1. The van der Waals surface area contributed by atoms with E-state index >= 15 is 0 Å². The van der Waals surface area contributed by atoms with Crippen LogP contribution in [0.3, 0.4) is 0 Å². The molecule has 0 aliphatic heterocycles. The standard InChI is InChI=1S/C18H20IN3/c1-3-8-13(2)20-18-17(14-9-4-5-10-15(14)19)21-16-11-6-7-12-22(16)18/h4-7,9-13,20H,3,8H2,1-2H3. The summed E-state index contributed by atoms with van der Waals surface area (Å²) in [7, 11) is 0. The van der Waals surface area contributed by atoms with Crippen molar-refractivity contribution in [2.24, 2.45) is 0 Å². The highest BCUT2D eigenvalue weighted by Crippen LogP contribution is 2.32. The number of nitrogens with one attached hydrogen (secondary N) is 1. The van der Waals surface area contributed by atoms with Gasteiger partial charge in [0.1, 0.15) is 17.2 Å². The number of hydrogen-bond donors (Lipinski definition) is 1. The van der Waals surface area contributed by atoms with E-state index in [4.69, 9.17) is 4.98 Å². The summed E-state index contributed by atoms with van der Waals surface area (Å²) in [4.78, 5) is 4.85. The zero-order valence-corrected chi connectivity index (χ0v) is 15.0. The number of nitrogens with zero attached hydrogens (tertiary/aromatic N) is 2. The molecule has 0 aliphatic rings. The van der Waals surface area contributed by atoms with Gasteiger partial charge in [-0.25, -0.2) is 4.98 Å². The predicted molar refractivity (Wildman–Crippen MR) is 101 cm³/mol. The lowest BCUT2D eigenvalue weighted by Gasteiger charge is -2.15. The Morgan fingerprint density at radius 2 is 1.95 bits per heavy atom. The van der Waals surface area contributed by atoms with Crippen LogP contribution in [-0.4, -0.2) is 15.4 Å². The fourth-order valence-electron chi connectivity index (χ4n) is 2.71. The van der Waals surface area contributed by atoms with Gasteiger partial charge in [-0.3, -0.25) is 4.40 Å². The van der Waals surface area contributed by atoms with Crippen molar-refractivity contribution in [3.63, 3.8) is 0 Å². The van der Waals surface area contributed by atoms with Crippen molar-refractivity contribution in [1.82, 2.24) is 9.38 Å². The van der Waals surface area contributed by atoms with Gasteiger partial charge in [-0.15, -0.1) is 0 Å². The molecule has 0 fully saturated rings. The lowest BCUT2D eigenvalue weighted by atomic mass is 10.1. The average molecular weight is 405 g/mol. The second kappa shape index (κ2) is 6.69. The van der Waals surface area contributed by atoms with Crippen LogP contribution >= 0.6 is 22.6 Å². The molecule has 1 N–H and O–H groups in total. The van der Waals surface area contributed by atoms with Crippen LogP contribution in [0, 0.1) is 3.57 Å². The molecule has 1 aromatic carbocycles. The third-order valence-electron chi connectivity index (χ3n) is 3.76. The van der Waals surface area contributed by atoms with Crippen LogP contribution in [0.1, 0.15) is 26.7 Å². The maximum Gasteiger partial charge on any atom is 0.139 e. The number of benzene rings is 1. The molecule has 0 spiro atoms. The van der Waals surface area contributed by atoms with Gasteiger partial charge in [-0.1, -0.05) is 37.6 Å². The van der Waals surface area contributed by atoms with Crippen LogP contribution < -0.4 is 5.32 Å². The summed E-state index contributed by atoms with van der Waals surface area (Å²) in [5.74, 6) is 1.08. The largest absolute Gasteiger partial charge is 0.367 e. The molecule has 3 nitrogen and oxygen atoms in total. The Bertz CT molecular complexity index is 779. The van der Waals surface area contributed by atoms with Crippen LogP contribution in [0.5, 0.6) is 0 Å². The Kier molecular flexibility index (Phi) is 4.66. The van der Waals surface area contributed by atoms with Crippen LogP contribution in [0.2, 0.25) is 0 Å². The number of fused-ring (bicyclic) bond motifs is 1. The molecule has 1 atom stereocenters. The number of halogens is 1. The molecule has 0 saturated carbocycles. The van der Waals surface area contributed by atoms with Crippen molar-refractivity contribution in [3.8, 4) is 11.3 Å². The Balaban J connectivity index is 2.14. The predicted octanol–water partition coefficient (Wildman–Crippen LogP) is 5.21. The van der Waals surface area contributed by atoms with Crippen molar-refractivity contribution in [2.45, 2.75) is 32.7 Å². The van der Waals surface area contributed by atoms with Gasteiger partial charge in [0.2, 0.25) is 0 Å². The van der Waals surface area contributed by atoms with Gasteiger partial charge in [0.25, 0.3) is 0 Å². The first kappa shape index (κ1) is 15.3. The molecule has 0 saturated heterocycles. The van der Waals surface area contributed by atoms with E-state index in [0.717, 1.165) is 23.6 Å². The summed E-state index contributed by atoms with van der Waals surface area (Å²) in [5, 5.41) is 3.66. The van der Waals surface area contributed by atoms with Gasteiger partial charge in [0.15, 0.2) is 0 Å². The smallest absolute Gasteiger partial charge is 0.139 e. The van der Waals surface area contributed by atoms with Crippen molar-refractivity contribution in [2.75, 3.05) is 5.32 Å². The highest BCUT2D eigenvalue weighted by Gasteiger charge is 2.17. The number of hydrogen-bond acceptors (Lipinski definition) is 2. The summed E-state index contributed by atoms with van der Waals surface area (Å²) < 4.78 is 3.36. The summed E-state index contributed by atoms with van der Waals surface area (Å²) in [5.41, 5.74) is 3.18. The highest BCUT2D eigenvalue weighted by atomic mass is 127. The molecule has 0 radical (unpaired) electrons. The maximum atomic E-state index is 4.85. The second-order valence-electron chi connectivity index (χ2n) is 5.55. The van der Waals surface area contributed by atoms with Crippen LogP contribution in [0.15, 0.2) is 48.7 Å². The summed E-state index contributed by atoms with van der Waals surface area (Å²) in [6, 6.07) is 14.9. The Morgan fingerprint density at radius 3 is 2.73 bits per heavy atom. The number of imidazole rings is 1. The first-order chi connectivity index (χ1) is 10.7. The Hall–Kier alpha value is -1.56. The molecular formula is C18H20IN3. The normalized spacial score (nSPS) is 12.5. The van der Waals surface area contributed by atoms with E-state index in [0.29, 0.717) is 6.04 Å². The third kappa shape index (κ3) is 2.97. The first-order valence-corrected chi connectivity index (χ1v) is 8.77. The fourth-order valence-corrected chi connectivity index (χ4v) is 3.36. The average Bonchev–Trinajstić information content (AvgIpc) is 2.87. The van der Waals surface area contributed by atoms with Gasteiger partial charge < -0.3 is 5.32 Å². The van der Waals surface area contributed by atoms with Crippen molar-refractivity contribution >= 4 is 34.1 Å². The third-order valence-corrected chi connectivity index (χ3v) is 4.70. The van der Waals surface area contributed by atoms with Crippen molar-refractivity contribution in [3.05, 3.63) is 52.2 Å². The second-order valence-corrected chi connectivity index (χ2v) is 6.71. The fraction of sp³-hybridized carbons (Fsp3) is 0.278. The molecule has 114 valence electrons.